The molecule has 2 rings (SSSR count). The number of ketones is 1. The predicted octanol–water partition coefficient (Wildman–Crippen LogP) is 2.59. The topological polar surface area (TPSA) is 20.9 Å². The molecule has 0 N–H and O–H groups in total. The number of carbonyl (C=O) groups is 1. The lowest BCUT2D eigenvalue weighted by molar-refractivity contribution is -0.584. The van der Waals surface area contributed by atoms with Crippen LogP contribution in [-0.2, 0) is 4.79 Å². The standard InChI is InChI=1S/C14H18NO/c1-11-6-7-13(12(2)16)10-14(11)15-8-4-3-5-9-15/h3-5,8-9,13H,6-7,10H2,1-2H3/q+1. The molecule has 1 aliphatic carbocycles. The summed E-state index contributed by atoms with van der Waals surface area (Å²) in [5.41, 5.74) is 2.71. The molecule has 1 aromatic rings. The van der Waals surface area contributed by atoms with Gasteiger partial charge in [0.2, 0.25) is 0 Å². The molecular formula is C14H18NO+. The third kappa shape index (κ3) is 2.21. The molecule has 0 saturated carbocycles. The molecule has 0 aliphatic heterocycles. The van der Waals surface area contributed by atoms with Crippen molar-refractivity contribution >= 4 is 11.5 Å². The minimum Gasteiger partial charge on any atom is -0.300 e. The largest absolute Gasteiger partial charge is 0.300 e. The quantitative estimate of drug-likeness (QED) is 0.696. The van der Waals surface area contributed by atoms with E-state index in [1.165, 1.54) is 11.3 Å². The zero-order valence-electron chi connectivity index (χ0n) is 9.94. The second-order valence-electron chi connectivity index (χ2n) is 4.56. The molecule has 2 nitrogen and oxygen atoms in total. The molecular weight excluding hydrogens is 198 g/mol. The molecule has 84 valence electrons. The van der Waals surface area contributed by atoms with E-state index in [-0.39, 0.29) is 5.92 Å². The summed E-state index contributed by atoms with van der Waals surface area (Å²) in [5.74, 6) is 0.535. The van der Waals surface area contributed by atoms with Crippen LogP contribution >= 0.6 is 0 Å². The Kier molecular flexibility index (Phi) is 3.18. The van der Waals surface area contributed by atoms with Gasteiger partial charge in [-0.1, -0.05) is 6.07 Å². The fourth-order valence-electron chi connectivity index (χ4n) is 2.30. The number of Topliss-reactive ketones (excluding diaryl/α,β-unsaturated/α-hetero) is 1. The Morgan fingerprint density at radius 3 is 2.62 bits per heavy atom. The highest BCUT2D eigenvalue weighted by atomic mass is 16.1. The highest BCUT2D eigenvalue weighted by molar-refractivity contribution is 5.79. The summed E-state index contributed by atoms with van der Waals surface area (Å²) in [6.07, 6.45) is 7.05. The van der Waals surface area contributed by atoms with Crippen LogP contribution in [0.1, 0.15) is 33.1 Å². The third-order valence-electron chi connectivity index (χ3n) is 3.40. The highest BCUT2D eigenvalue weighted by Crippen LogP contribution is 2.29. The van der Waals surface area contributed by atoms with Crippen LogP contribution < -0.4 is 4.57 Å². The number of pyridine rings is 1. The molecule has 1 aliphatic rings. The van der Waals surface area contributed by atoms with Gasteiger partial charge in [-0.05, 0) is 32.3 Å². The smallest absolute Gasteiger partial charge is 0.186 e. The Bertz CT molecular complexity index is 420. The van der Waals surface area contributed by atoms with Crippen molar-refractivity contribution < 1.29 is 9.36 Å². The number of carbonyl (C=O) groups excluding carboxylic acids is 1. The fourth-order valence-corrected chi connectivity index (χ4v) is 2.30. The van der Waals surface area contributed by atoms with E-state index in [0.29, 0.717) is 5.78 Å². The molecule has 0 amide bonds. The first-order chi connectivity index (χ1) is 7.68. The molecule has 16 heavy (non-hydrogen) atoms. The lowest BCUT2D eigenvalue weighted by Crippen LogP contribution is -2.35. The molecule has 0 bridgehead atoms. The van der Waals surface area contributed by atoms with Gasteiger partial charge in [-0.25, -0.2) is 0 Å². The number of rotatable bonds is 2. The first-order valence-corrected chi connectivity index (χ1v) is 5.84. The first-order valence-electron chi connectivity index (χ1n) is 5.84. The minimum absolute atomic E-state index is 0.214. The van der Waals surface area contributed by atoms with Gasteiger partial charge in [-0.3, -0.25) is 4.79 Å². The zero-order chi connectivity index (χ0) is 11.5. The van der Waals surface area contributed by atoms with Gasteiger partial charge in [-0.2, -0.15) is 4.57 Å². The van der Waals surface area contributed by atoms with Crippen molar-refractivity contribution in [2.75, 3.05) is 0 Å². The van der Waals surface area contributed by atoms with Gasteiger partial charge < -0.3 is 0 Å². The Morgan fingerprint density at radius 1 is 1.31 bits per heavy atom. The van der Waals surface area contributed by atoms with Gasteiger partial charge in [0.15, 0.2) is 18.1 Å². The number of aromatic nitrogens is 1. The van der Waals surface area contributed by atoms with Crippen molar-refractivity contribution in [2.45, 2.75) is 33.1 Å². The molecule has 1 heterocycles. The normalized spacial score (nSPS) is 21.0. The summed E-state index contributed by atoms with van der Waals surface area (Å²) in [6.45, 7) is 3.88. The van der Waals surface area contributed by atoms with E-state index in [4.69, 9.17) is 0 Å². The second kappa shape index (κ2) is 4.60. The van der Waals surface area contributed by atoms with E-state index in [9.17, 15) is 4.79 Å². The maximum absolute atomic E-state index is 11.5. The Hall–Kier alpha value is -1.44. The lowest BCUT2D eigenvalue weighted by atomic mass is 9.85. The summed E-state index contributed by atoms with van der Waals surface area (Å²) < 4.78 is 2.14. The van der Waals surface area contributed by atoms with Gasteiger partial charge in [0, 0.05) is 24.5 Å². The average molecular weight is 216 g/mol. The van der Waals surface area contributed by atoms with Gasteiger partial charge >= 0.3 is 0 Å². The van der Waals surface area contributed by atoms with Crippen molar-refractivity contribution in [1.82, 2.24) is 0 Å². The van der Waals surface area contributed by atoms with Crippen LogP contribution in [0.25, 0.3) is 5.70 Å². The molecule has 1 aromatic heterocycles. The van der Waals surface area contributed by atoms with Crippen molar-refractivity contribution in [3.8, 4) is 0 Å². The van der Waals surface area contributed by atoms with Crippen LogP contribution in [-0.4, -0.2) is 5.78 Å². The maximum Gasteiger partial charge on any atom is 0.186 e. The van der Waals surface area contributed by atoms with E-state index >= 15 is 0 Å². The van der Waals surface area contributed by atoms with Crippen LogP contribution in [0, 0.1) is 5.92 Å². The predicted molar refractivity (Wildman–Crippen MR) is 63.5 cm³/mol. The van der Waals surface area contributed by atoms with Gasteiger partial charge in [0.05, 0.1) is 0 Å². The van der Waals surface area contributed by atoms with Crippen LogP contribution in [0.4, 0.5) is 0 Å². The van der Waals surface area contributed by atoms with Crippen molar-refractivity contribution in [2.24, 2.45) is 5.92 Å². The Labute approximate surface area is 96.6 Å². The third-order valence-corrected chi connectivity index (χ3v) is 3.40. The van der Waals surface area contributed by atoms with Crippen LogP contribution in [0.5, 0.6) is 0 Å². The van der Waals surface area contributed by atoms with E-state index < -0.39 is 0 Å². The molecule has 0 radical (unpaired) electrons. The molecule has 2 heteroatoms. The molecule has 0 saturated heterocycles. The SMILES string of the molecule is CC(=O)C1CCC(C)=C([n+]2ccccc2)C1. The average Bonchev–Trinajstić information content (AvgIpc) is 2.30. The van der Waals surface area contributed by atoms with Crippen molar-refractivity contribution in [1.29, 1.82) is 0 Å². The number of nitrogens with zero attached hydrogens (tertiary/aromatic N) is 1. The molecule has 1 unspecified atom stereocenters. The summed E-state index contributed by atoms with van der Waals surface area (Å²) in [5, 5.41) is 0. The second-order valence-corrected chi connectivity index (χ2v) is 4.56. The Balaban J connectivity index is 2.29. The van der Waals surface area contributed by atoms with Crippen LogP contribution in [0.2, 0.25) is 0 Å². The summed E-state index contributed by atoms with van der Waals surface area (Å²) in [6, 6.07) is 6.06. The first kappa shape index (κ1) is 11.1. The van der Waals surface area contributed by atoms with E-state index in [0.717, 1.165) is 19.3 Å². The van der Waals surface area contributed by atoms with E-state index in [1.807, 2.05) is 18.2 Å². The van der Waals surface area contributed by atoms with E-state index in [1.54, 1.807) is 6.92 Å². The summed E-state index contributed by atoms with van der Waals surface area (Å²) in [7, 11) is 0. The van der Waals surface area contributed by atoms with Gasteiger partial charge in [0.1, 0.15) is 5.78 Å². The zero-order valence-corrected chi connectivity index (χ0v) is 9.94. The molecule has 0 fully saturated rings. The van der Waals surface area contributed by atoms with Crippen molar-refractivity contribution in [3.05, 3.63) is 36.2 Å². The monoisotopic (exact) mass is 216 g/mol. The van der Waals surface area contributed by atoms with Gasteiger partial charge in [-0.15, -0.1) is 0 Å². The van der Waals surface area contributed by atoms with Gasteiger partial charge in [0.25, 0.3) is 0 Å². The minimum atomic E-state index is 0.214. The fraction of sp³-hybridized carbons (Fsp3) is 0.429. The molecule has 0 spiro atoms. The van der Waals surface area contributed by atoms with Crippen molar-refractivity contribution in [3.63, 3.8) is 0 Å². The highest BCUT2D eigenvalue weighted by Gasteiger charge is 2.27. The van der Waals surface area contributed by atoms with Crippen LogP contribution in [0.3, 0.4) is 0 Å². The lowest BCUT2D eigenvalue weighted by Gasteiger charge is -2.20. The molecule has 0 aromatic carbocycles. The number of hydrogen-bond donors (Lipinski definition) is 0. The number of allylic oxidation sites excluding steroid dienone is 2. The number of hydrogen-bond acceptors (Lipinski definition) is 1. The Morgan fingerprint density at radius 2 is 2.00 bits per heavy atom. The molecule has 1 atom stereocenters. The van der Waals surface area contributed by atoms with E-state index in [2.05, 4.69) is 23.9 Å². The summed E-state index contributed by atoms with van der Waals surface area (Å²) >= 11 is 0. The van der Waals surface area contributed by atoms with Crippen LogP contribution in [0.15, 0.2) is 36.2 Å². The maximum atomic E-state index is 11.5. The summed E-state index contributed by atoms with van der Waals surface area (Å²) in [4.78, 5) is 11.5.